The van der Waals surface area contributed by atoms with Crippen LogP contribution in [-0.2, 0) is 0 Å². The smallest absolute Gasteiger partial charge is 0.229 e. The SMILES string of the molecule is COc1c(Br)cc(-c2cnoc2N)cc1OC1CCCC1. The number of nitrogens with two attached hydrogens (primary N) is 1. The minimum absolute atomic E-state index is 0.251. The number of nitrogens with zero attached hydrogens (tertiary/aromatic N) is 1. The van der Waals surface area contributed by atoms with E-state index < -0.39 is 0 Å². The summed E-state index contributed by atoms with van der Waals surface area (Å²) in [5, 5.41) is 3.72. The molecule has 1 saturated carbocycles. The highest BCUT2D eigenvalue weighted by Crippen LogP contribution is 2.42. The first-order valence-electron chi connectivity index (χ1n) is 6.93. The molecular formula is C15H17BrN2O3. The second kappa shape index (κ2) is 5.97. The first-order valence-corrected chi connectivity index (χ1v) is 7.73. The minimum atomic E-state index is 0.251. The van der Waals surface area contributed by atoms with Crippen LogP contribution in [-0.4, -0.2) is 18.4 Å². The Morgan fingerprint density at radius 1 is 1.33 bits per heavy atom. The maximum atomic E-state index is 6.11. The second-order valence-corrected chi connectivity index (χ2v) is 5.97. The predicted octanol–water partition coefficient (Wildman–Crippen LogP) is 4.02. The average molecular weight is 353 g/mol. The van der Waals surface area contributed by atoms with Gasteiger partial charge in [0, 0.05) is 0 Å². The van der Waals surface area contributed by atoms with Crippen LogP contribution in [0.5, 0.6) is 11.5 Å². The van der Waals surface area contributed by atoms with Crippen LogP contribution >= 0.6 is 15.9 Å². The van der Waals surface area contributed by atoms with Crippen LogP contribution < -0.4 is 15.2 Å². The molecule has 0 bridgehead atoms. The molecule has 0 amide bonds. The molecule has 112 valence electrons. The number of ether oxygens (including phenoxy) is 2. The van der Waals surface area contributed by atoms with E-state index in [1.54, 1.807) is 13.3 Å². The zero-order valence-electron chi connectivity index (χ0n) is 11.8. The van der Waals surface area contributed by atoms with E-state index in [-0.39, 0.29) is 6.10 Å². The molecule has 5 nitrogen and oxygen atoms in total. The Bertz CT molecular complexity index is 636. The fourth-order valence-electron chi connectivity index (χ4n) is 2.66. The lowest BCUT2D eigenvalue weighted by atomic mass is 10.1. The van der Waals surface area contributed by atoms with E-state index in [1.165, 1.54) is 12.8 Å². The summed E-state index contributed by atoms with van der Waals surface area (Å²) in [6, 6.07) is 3.84. The van der Waals surface area contributed by atoms with Crippen LogP contribution in [0, 0.1) is 0 Å². The van der Waals surface area contributed by atoms with E-state index in [9.17, 15) is 0 Å². The summed E-state index contributed by atoms with van der Waals surface area (Å²) in [5.41, 5.74) is 7.42. The first kappa shape index (κ1) is 14.3. The number of anilines is 1. The summed E-state index contributed by atoms with van der Waals surface area (Å²) in [7, 11) is 1.63. The molecule has 0 atom stereocenters. The van der Waals surface area contributed by atoms with Gasteiger partial charge in [-0.2, -0.15) is 0 Å². The van der Waals surface area contributed by atoms with Crippen LogP contribution in [0.15, 0.2) is 27.3 Å². The van der Waals surface area contributed by atoms with Crippen molar-refractivity contribution in [3.63, 3.8) is 0 Å². The van der Waals surface area contributed by atoms with Gasteiger partial charge in [0.1, 0.15) is 0 Å². The zero-order chi connectivity index (χ0) is 14.8. The van der Waals surface area contributed by atoms with Crippen molar-refractivity contribution in [2.75, 3.05) is 12.8 Å². The Hall–Kier alpha value is -1.69. The Morgan fingerprint density at radius 3 is 2.71 bits per heavy atom. The van der Waals surface area contributed by atoms with E-state index in [4.69, 9.17) is 19.7 Å². The maximum Gasteiger partial charge on any atom is 0.229 e. The molecular weight excluding hydrogens is 336 g/mol. The topological polar surface area (TPSA) is 70.5 Å². The van der Waals surface area contributed by atoms with Crippen molar-refractivity contribution in [2.24, 2.45) is 0 Å². The van der Waals surface area contributed by atoms with E-state index >= 15 is 0 Å². The third-order valence-electron chi connectivity index (χ3n) is 3.72. The normalized spacial score (nSPS) is 15.3. The number of halogens is 1. The molecule has 0 unspecified atom stereocenters. The molecule has 1 aliphatic carbocycles. The van der Waals surface area contributed by atoms with Crippen LogP contribution in [0.1, 0.15) is 25.7 Å². The Labute approximate surface area is 131 Å². The summed E-state index contributed by atoms with van der Waals surface area (Å²) in [6.45, 7) is 0. The van der Waals surface area contributed by atoms with Crippen molar-refractivity contribution in [3.8, 4) is 22.6 Å². The number of hydrogen-bond donors (Lipinski definition) is 1. The van der Waals surface area contributed by atoms with E-state index in [2.05, 4.69) is 21.1 Å². The molecule has 0 spiro atoms. The third-order valence-corrected chi connectivity index (χ3v) is 4.31. The van der Waals surface area contributed by atoms with Gasteiger partial charge in [0.25, 0.3) is 0 Å². The summed E-state index contributed by atoms with van der Waals surface area (Å²) >= 11 is 3.52. The van der Waals surface area contributed by atoms with E-state index in [0.717, 1.165) is 34.2 Å². The molecule has 1 fully saturated rings. The van der Waals surface area contributed by atoms with Gasteiger partial charge in [0.15, 0.2) is 11.5 Å². The van der Waals surface area contributed by atoms with Gasteiger partial charge in [0.2, 0.25) is 5.88 Å². The predicted molar refractivity (Wildman–Crippen MR) is 83.5 cm³/mol. The van der Waals surface area contributed by atoms with Crippen molar-refractivity contribution in [3.05, 3.63) is 22.8 Å². The van der Waals surface area contributed by atoms with Gasteiger partial charge in [0.05, 0.1) is 29.4 Å². The monoisotopic (exact) mass is 352 g/mol. The van der Waals surface area contributed by atoms with Crippen LogP contribution in [0.2, 0.25) is 0 Å². The largest absolute Gasteiger partial charge is 0.492 e. The van der Waals surface area contributed by atoms with E-state index in [1.807, 2.05) is 12.1 Å². The molecule has 2 N–H and O–H groups in total. The highest BCUT2D eigenvalue weighted by Gasteiger charge is 2.21. The van der Waals surface area contributed by atoms with Gasteiger partial charge in [-0.25, -0.2) is 0 Å². The number of nitrogen functional groups attached to an aromatic ring is 1. The molecule has 0 radical (unpaired) electrons. The molecule has 2 aromatic rings. The molecule has 1 aliphatic rings. The van der Waals surface area contributed by atoms with Gasteiger partial charge >= 0.3 is 0 Å². The number of aromatic nitrogens is 1. The number of rotatable bonds is 4. The van der Waals surface area contributed by atoms with Gasteiger partial charge in [-0.3, -0.25) is 0 Å². The highest BCUT2D eigenvalue weighted by atomic mass is 79.9. The molecule has 6 heteroatoms. The van der Waals surface area contributed by atoms with Crippen molar-refractivity contribution in [2.45, 2.75) is 31.8 Å². The van der Waals surface area contributed by atoms with Gasteiger partial charge in [-0.1, -0.05) is 5.16 Å². The molecule has 21 heavy (non-hydrogen) atoms. The Balaban J connectivity index is 1.99. The standard InChI is InChI=1S/C15H17BrN2O3/c1-19-14-12(16)6-9(11-8-18-21-15(11)17)7-13(14)20-10-4-2-3-5-10/h6-8,10H,2-5,17H2,1H3. The molecule has 1 aromatic heterocycles. The van der Waals surface area contributed by atoms with Gasteiger partial charge in [-0.05, 0) is 59.3 Å². The average Bonchev–Trinajstić information content (AvgIpc) is 3.10. The maximum absolute atomic E-state index is 6.11. The molecule has 0 aliphatic heterocycles. The van der Waals surface area contributed by atoms with Gasteiger partial charge in [-0.15, -0.1) is 0 Å². The second-order valence-electron chi connectivity index (χ2n) is 5.12. The first-order chi connectivity index (χ1) is 10.2. The summed E-state index contributed by atoms with van der Waals surface area (Å²) in [4.78, 5) is 0. The molecule has 3 rings (SSSR count). The zero-order valence-corrected chi connectivity index (χ0v) is 13.4. The van der Waals surface area contributed by atoms with Gasteiger partial charge < -0.3 is 19.7 Å². The lowest BCUT2D eigenvalue weighted by Crippen LogP contribution is -2.11. The van der Waals surface area contributed by atoms with Crippen LogP contribution in [0.4, 0.5) is 5.88 Å². The molecule has 1 heterocycles. The quantitative estimate of drug-likeness (QED) is 0.899. The number of methoxy groups -OCH3 is 1. The minimum Gasteiger partial charge on any atom is -0.492 e. The lowest BCUT2D eigenvalue weighted by molar-refractivity contribution is 0.200. The van der Waals surface area contributed by atoms with E-state index in [0.29, 0.717) is 11.6 Å². The van der Waals surface area contributed by atoms with Crippen molar-refractivity contribution in [1.29, 1.82) is 0 Å². The lowest BCUT2D eigenvalue weighted by Gasteiger charge is -2.18. The molecule has 0 saturated heterocycles. The van der Waals surface area contributed by atoms with Crippen molar-refractivity contribution < 1.29 is 14.0 Å². The third kappa shape index (κ3) is 2.85. The Kier molecular flexibility index (Phi) is 4.05. The van der Waals surface area contributed by atoms with Crippen molar-refractivity contribution in [1.82, 2.24) is 5.16 Å². The fraction of sp³-hybridized carbons (Fsp3) is 0.400. The number of hydrogen-bond acceptors (Lipinski definition) is 5. The van der Waals surface area contributed by atoms with Crippen molar-refractivity contribution >= 4 is 21.8 Å². The van der Waals surface area contributed by atoms with Crippen LogP contribution in [0.3, 0.4) is 0 Å². The summed E-state index contributed by atoms with van der Waals surface area (Å²) in [6.07, 6.45) is 6.45. The fourth-order valence-corrected chi connectivity index (χ4v) is 3.26. The highest BCUT2D eigenvalue weighted by molar-refractivity contribution is 9.10. The molecule has 1 aromatic carbocycles. The van der Waals surface area contributed by atoms with Crippen LogP contribution in [0.25, 0.3) is 11.1 Å². The summed E-state index contributed by atoms with van der Waals surface area (Å²) < 4.78 is 17.3. The summed E-state index contributed by atoms with van der Waals surface area (Å²) in [5.74, 6) is 1.70. The Morgan fingerprint density at radius 2 is 2.10 bits per heavy atom. The number of benzene rings is 1.